The number of quaternary nitrogens is 1. The van der Waals surface area contributed by atoms with Crippen molar-refractivity contribution in [2.75, 3.05) is 6.61 Å². The molecule has 0 radical (unpaired) electrons. The summed E-state index contributed by atoms with van der Waals surface area (Å²) < 4.78 is 35.4. The van der Waals surface area contributed by atoms with Gasteiger partial charge >= 0.3 is 5.91 Å². The van der Waals surface area contributed by atoms with Crippen molar-refractivity contribution in [3.8, 4) is 5.75 Å². The van der Waals surface area contributed by atoms with E-state index in [-0.39, 0.29) is 40.8 Å². The first-order valence-corrected chi connectivity index (χ1v) is 11.0. The van der Waals surface area contributed by atoms with Crippen LogP contribution in [0.5, 0.6) is 5.75 Å². The van der Waals surface area contributed by atoms with Gasteiger partial charge in [-0.2, -0.15) is 0 Å². The van der Waals surface area contributed by atoms with E-state index in [0.717, 1.165) is 31.4 Å². The summed E-state index contributed by atoms with van der Waals surface area (Å²) in [6.07, 6.45) is 3.83. The Hall–Kier alpha value is -3.11. The number of aromatic hydroxyl groups is 1. The van der Waals surface area contributed by atoms with E-state index in [2.05, 4.69) is 0 Å². The molecule has 1 unspecified atom stereocenters. The van der Waals surface area contributed by atoms with Gasteiger partial charge in [-0.25, -0.2) is 18.1 Å². The zero-order valence-corrected chi connectivity index (χ0v) is 17.8. The quantitative estimate of drug-likeness (QED) is 0.681. The number of hydrogen-bond acceptors (Lipinski definition) is 5. The summed E-state index contributed by atoms with van der Waals surface area (Å²) in [6, 6.07) is 3.01. The molecule has 2 aromatic rings. The first kappa shape index (κ1) is 21.7. The molecule has 2 aliphatic heterocycles. The molecule has 1 aromatic carbocycles. The number of nitrogens with zero attached hydrogens (tertiary/aromatic N) is 2. The number of carbonyl (C=O) groups is 2. The number of aromatic nitrogens is 1. The Labute approximate surface area is 187 Å². The van der Waals surface area contributed by atoms with Gasteiger partial charge in [0.05, 0.1) is 6.61 Å². The molecular weight excluding hydrogens is 436 g/mol. The molecule has 0 spiro atoms. The molecule has 1 aromatic heterocycles. The Morgan fingerprint density at radius 1 is 1.24 bits per heavy atom. The second kappa shape index (κ2) is 7.74. The highest BCUT2D eigenvalue weighted by atomic mass is 19.1. The Balaban J connectivity index is 1.71. The van der Waals surface area contributed by atoms with E-state index < -0.39 is 46.4 Å². The third-order valence-corrected chi connectivity index (χ3v) is 7.38. The van der Waals surface area contributed by atoms with Gasteiger partial charge in [0.1, 0.15) is 36.3 Å². The van der Waals surface area contributed by atoms with Crippen LogP contribution in [0.25, 0.3) is 0 Å². The van der Waals surface area contributed by atoms with Gasteiger partial charge in [-0.1, -0.05) is 6.42 Å². The minimum atomic E-state index is -1.02. The highest BCUT2D eigenvalue weighted by Gasteiger charge is 2.61. The van der Waals surface area contributed by atoms with Crippen LogP contribution in [0.1, 0.15) is 52.1 Å². The Bertz CT molecular complexity index is 1230. The molecule has 3 aliphatic rings. The lowest BCUT2D eigenvalue weighted by molar-refractivity contribution is -0.950. The fraction of sp³-hybridized carbons (Fsp3) is 0.435. The van der Waals surface area contributed by atoms with E-state index in [1.54, 1.807) is 0 Å². The van der Waals surface area contributed by atoms with Crippen LogP contribution >= 0.6 is 0 Å². The molecule has 1 aliphatic carbocycles. The molecule has 4 atom stereocenters. The largest absolute Gasteiger partial charge is 0.502 e. The minimum Gasteiger partial charge on any atom is -0.502 e. The van der Waals surface area contributed by atoms with Gasteiger partial charge in [-0.3, -0.25) is 9.59 Å². The molecule has 33 heavy (non-hydrogen) atoms. The second-order valence-electron chi connectivity index (χ2n) is 9.12. The van der Waals surface area contributed by atoms with E-state index in [0.29, 0.717) is 13.0 Å². The number of amides is 2. The summed E-state index contributed by atoms with van der Waals surface area (Å²) in [6.45, 7) is 0.377. The zero-order chi connectivity index (χ0) is 23.5. The lowest BCUT2D eigenvalue weighted by atomic mass is 9.80. The number of rotatable bonds is 3. The molecule has 2 amide bonds. The van der Waals surface area contributed by atoms with E-state index in [1.165, 1.54) is 16.8 Å². The number of hydrogen-bond donors (Lipinski definition) is 2. The smallest absolute Gasteiger partial charge is 0.369 e. The number of pyridine rings is 1. The van der Waals surface area contributed by atoms with Gasteiger partial charge in [0.15, 0.2) is 11.4 Å². The van der Waals surface area contributed by atoms with Gasteiger partial charge in [-0.05, 0) is 25.0 Å². The van der Waals surface area contributed by atoms with Crippen molar-refractivity contribution < 1.29 is 32.7 Å². The maximum atomic E-state index is 14.7. The highest BCUT2D eigenvalue weighted by molar-refractivity contribution is 5.96. The van der Waals surface area contributed by atoms with Crippen molar-refractivity contribution in [1.29, 1.82) is 0 Å². The van der Waals surface area contributed by atoms with Crippen LogP contribution in [-0.4, -0.2) is 44.8 Å². The standard InChI is InChI=1S/C23H23F2N3O5/c24-14-6-5-12(16(25)7-14)10-28-17-4-2-1-3-13(17)11-33-18(28)9-27-8-15(22(26)31)20(29)21(30)19(27)23(28)32/h5-8,13,17-18H,1-4,9-11H2,(H2-,26,30,31,32)/p+1/t13-,17-,18+,28?/m0/s1. The van der Waals surface area contributed by atoms with Gasteiger partial charge in [0.25, 0.3) is 5.91 Å². The van der Waals surface area contributed by atoms with Crippen molar-refractivity contribution in [2.45, 2.75) is 51.0 Å². The topological polar surface area (TPSA) is 112 Å². The Morgan fingerprint density at radius 2 is 2.00 bits per heavy atom. The lowest BCUT2D eigenvalue weighted by Gasteiger charge is -2.55. The Kier molecular flexibility index (Phi) is 5.09. The van der Waals surface area contributed by atoms with Crippen LogP contribution in [0.3, 0.4) is 0 Å². The fourth-order valence-electron chi connectivity index (χ4n) is 5.83. The number of benzene rings is 1. The van der Waals surface area contributed by atoms with Crippen LogP contribution in [0.2, 0.25) is 0 Å². The molecule has 174 valence electrons. The summed E-state index contributed by atoms with van der Waals surface area (Å²) in [5.41, 5.74) is 3.71. The number of primary amides is 1. The number of halogens is 2. The van der Waals surface area contributed by atoms with E-state index in [9.17, 15) is 28.3 Å². The van der Waals surface area contributed by atoms with Gasteiger partial charge in [0, 0.05) is 30.2 Å². The molecule has 5 rings (SSSR count). The van der Waals surface area contributed by atoms with Gasteiger partial charge < -0.3 is 20.1 Å². The average Bonchev–Trinajstić information content (AvgIpc) is 2.78. The van der Waals surface area contributed by atoms with E-state index in [4.69, 9.17) is 10.5 Å². The summed E-state index contributed by atoms with van der Waals surface area (Å²) in [4.78, 5) is 38.4. The van der Waals surface area contributed by atoms with Crippen LogP contribution in [-0.2, 0) is 17.8 Å². The first-order chi connectivity index (χ1) is 15.7. The van der Waals surface area contributed by atoms with Crippen molar-refractivity contribution in [3.05, 3.63) is 63.1 Å². The van der Waals surface area contributed by atoms with Crippen molar-refractivity contribution in [2.24, 2.45) is 11.7 Å². The highest BCUT2D eigenvalue weighted by Crippen LogP contribution is 2.45. The molecule has 8 nitrogen and oxygen atoms in total. The predicted molar refractivity (Wildman–Crippen MR) is 111 cm³/mol. The number of nitrogens with two attached hydrogens (primary N) is 1. The van der Waals surface area contributed by atoms with Crippen molar-refractivity contribution in [3.63, 3.8) is 0 Å². The molecule has 2 fully saturated rings. The molecule has 3 N–H and O–H groups in total. The van der Waals surface area contributed by atoms with E-state index >= 15 is 0 Å². The van der Waals surface area contributed by atoms with E-state index in [1.807, 2.05) is 0 Å². The maximum absolute atomic E-state index is 14.7. The van der Waals surface area contributed by atoms with Crippen LogP contribution in [0.4, 0.5) is 8.78 Å². The number of carbonyl (C=O) groups excluding carboxylic acids is 2. The molecule has 0 bridgehead atoms. The normalized spacial score (nSPS) is 28.5. The fourth-order valence-corrected chi connectivity index (χ4v) is 5.83. The molecule has 1 saturated heterocycles. The zero-order valence-electron chi connectivity index (χ0n) is 17.8. The SMILES string of the molecule is NC(=O)c1cn2c(c(O)c1=O)C(=O)[N+]1(Cc3ccc(F)cc3F)[C@@H](C2)OC[C@@H]2CCCC[C@@H]21. The average molecular weight is 460 g/mol. The number of fused-ring (bicyclic) bond motifs is 4. The van der Waals surface area contributed by atoms with Crippen molar-refractivity contribution >= 4 is 11.8 Å². The van der Waals surface area contributed by atoms with Gasteiger partial charge in [0.2, 0.25) is 11.7 Å². The number of ether oxygens (including phenoxy) is 1. The van der Waals surface area contributed by atoms with Crippen LogP contribution < -0.4 is 11.2 Å². The molecular formula is C23H24F2N3O5+. The molecule has 1 saturated carbocycles. The second-order valence-corrected chi connectivity index (χ2v) is 9.12. The first-order valence-electron chi connectivity index (χ1n) is 11.0. The summed E-state index contributed by atoms with van der Waals surface area (Å²) in [7, 11) is 0. The monoisotopic (exact) mass is 460 g/mol. The minimum absolute atomic E-state index is 0.0489. The lowest BCUT2D eigenvalue weighted by Crippen LogP contribution is -2.73. The van der Waals surface area contributed by atoms with Gasteiger partial charge in [-0.15, -0.1) is 0 Å². The summed E-state index contributed by atoms with van der Waals surface area (Å²) >= 11 is 0. The van der Waals surface area contributed by atoms with Crippen molar-refractivity contribution in [1.82, 2.24) is 4.57 Å². The summed E-state index contributed by atoms with van der Waals surface area (Å²) in [5.74, 6) is -3.91. The van der Waals surface area contributed by atoms with Crippen LogP contribution in [0, 0.1) is 17.6 Å². The third kappa shape index (κ3) is 3.19. The summed E-state index contributed by atoms with van der Waals surface area (Å²) in [5, 5.41) is 10.7. The third-order valence-electron chi connectivity index (χ3n) is 7.38. The molecule has 10 heteroatoms. The maximum Gasteiger partial charge on any atom is 0.369 e. The molecule has 3 heterocycles. The van der Waals surface area contributed by atoms with Crippen LogP contribution in [0.15, 0.2) is 29.2 Å². The Morgan fingerprint density at radius 3 is 2.73 bits per heavy atom. The predicted octanol–water partition coefficient (Wildman–Crippen LogP) is 2.02.